The van der Waals surface area contributed by atoms with Crippen molar-refractivity contribution in [2.75, 3.05) is 5.32 Å². The van der Waals surface area contributed by atoms with E-state index in [1.54, 1.807) is 12.1 Å². The molecule has 0 heterocycles. The van der Waals surface area contributed by atoms with Crippen molar-refractivity contribution in [3.05, 3.63) is 66.0 Å². The van der Waals surface area contributed by atoms with Crippen molar-refractivity contribution >= 4 is 23.0 Å². The number of hydrogen-bond donors (Lipinski definition) is 2. The van der Waals surface area contributed by atoms with Crippen LogP contribution in [0.15, 0.2) is 54.6 Å². The minimum absolute atomic E-state index is 0.190. The number of thiocarbonyl (C=S) groups is 1. The zero-order valence-corrected chi connectivity index (χ0v) is 11.4. The lowest BCUT2D eigenvalue weighted by Crippen LogP contribution is -2.31. The van der Waals surface area contributed by atoms with Gasteiger partial charge in [-0.2, -0.15) is 0 Å². The van der Waals surface area contributed by atoms with Crippen LogP contribution in [0.25, 0.3) is 0 Å². The standard InChI is InChI=1S/C15H15FN2S/c1-11(13-9-5-6-10-14(13)16)17-15(19)18-12-7-3-2-4-8-12/h2-11H,1H3,(H2,17,18,19). The first-order valence-electron chi connectivity index (χ1n) is 6.04. The van der Waals surface area contributed by atoms with Crippen molar-refractivity contribution in [3.8, 4) is 0 Å². The smallest absolute Gasteiger partial charge is 0.171 e. The summed E-state index contributed by atoms with van der Waals surface area (Å²) in [4.78, 5) is 0. The van der Waals surface area contributed by atoms with Crippen LogP contribution in [0.4, 0.5) is 10.1 Å². The number of hydrogen-bond acceptors (Lipinski definition) is 1. The molecule has 0 aliphatic carbocycles. The molecule has 0 saturated carbocycles. The molecule has 0 fully saturated rings. The van der Waals surface area contributed by atoms with Crippen molar-refractivity contribution in [3.63, 3.8) is 0 Å². The topological polar surface area (TPSA) is 24.1 Å². The fourth-order valence-electron chi connectivity index (χ4n) is 1.79. The normalized spacial score (nSPS) is 11.7. The summed E-state index contributed by atoms with van der Waals surface area (Å²) in [5.41, 5.74) is 1.50. The van der Waals surface area contributed by atoms with Gasteiger partial charge in [-0.3, -0.25) is 0 Å². The summed E-state index contributed by atoms with van der Waals surface area (Å²) in [6.07, 6.45) is 0. The lowest BCUT2D eigenvalue weighted by atomic mass is 10.1. The molecule has 0 aromatic heterocycles. The highest BCUT2D eigenvalue weighted by Gasteiger charge is 2.10. The molecule has 1 unspecified atom stereocenters. The monoisotopic (exact) mass is 274 g/mol. The van der Waals surface area contributed by atoms with Crippen molar-refractivity contribution in [2.45, 2.75) is 13.0 Å². The van der Waals surface area contributed by atoms with E-state index < -0.39 is 0 Å². The van der Waals surface area contributed by atoms with Gasteiger partial charge in [0.15, 0.2) is 5.11 Å². The average molecular weight is 274 g/mol. The van der Waals surface area contributed by atoms with Crippen LogP contribution < -0.4 is 10.6 Å². The fourth-order valence-corrected chi connectivity index (χ4v) is 2.08. The Morgan fingerprint density at radius 2 is 1.68 bits per heavy atom. The van der Waals surface area contributed by atoms with Crippen LogP contribution in [0.2, 0.25) is 0 Å². The van der Waals surface area contributed by atoms with E-state index in [9.17, 15) is 4.39 Å². The van der Waals surface area contributed by atoms with Gasteiger partial charge >= 0.3 is 0 Å². The Kier molecular flexibility index (Phi) is 4.47. The fraction of sp³-hybridized carbons (Fsp3) is 0.133. The Balaban J connectivity index is 1.98. The van der Waals surface area contributed by atoms with Crippen LogP contribution in [-0.2, 0) is 0 Å². The van der Waals surface area contributed by atoms with Gasteiger partial charge in [0.2, 0.25) is 0 Å². The number of halogens is 1. The summed E-state index contributed by atoms with van der Waals surface area (Å²) in [7, 11) is 0. The first-order valence-corrected chi connectivity index (χ1v) is 6.44. The van der Waals surface area contributed by atoms with E-state index in [1.807, 2.05) is 43.3 Å². The van der Waals surface area contributed by atoms with E-state index >= 15 is 0 Å². The summed E-state index contributed by atoms with van der Waals surface area (Å²) in [5.74, 6) is -0.231. The Morgan fingerprint density at radius 3 is 2.37 bits per heavy atom. The largest absolute Gasteiger partial charge is 0.356 e. The first-order chi connectivity index (χ1) is 9.16. The maximum atomic E-state index is 13.6. The molecule has 2 rings (SSSR count). The molecule has 1 atom stereocenters. The first kappa shape index (κ1) is 13.5. The molecule has 2 nitrogen and oxygen atoms in total. The molecule has 4 heteroatoms. The highest BCUT2D eigenvalue weighted by molar-refractivity contribution is 7.80. The number of para-hydroxylation sites is 1. The highest BCUT2D eigenvalue weighted by atomic mass is 32.1. The predicted octanol–water partition coefficient (Wildman–Crippen LogP) is 3.87. The molecule has 19 heavy (non-hydrogen) atoms. The van der Waals surface area contributed by atoms with Gasteiger partial charge in [-0.05, 0) is 37.3 Å². The summed E-state index contributed by atoms with van der Waals surface area (Å²) in [6, 6.07) is 16.1. The van der Waals surface area contributed by atoms with Gasteiger partial charge < -0.3 is 10.6 Å². The van der Waals surface area contributed by atoms with Crippen LogP contribution in [0.1, 0.15) is 18.5 Å². The van der Waals surface area contributed by atoms with Crippen LogP contribution in [-0.4, -0.2) is 5.11 Å². The lowest BCUT2D eigenvalue weighted by Gasteiger charge is -2.17. The van der Waals surface area contributed by atoms with E-state index in [0.29, 0.717) is 10.7 Å². The molecule has 0 saturated heterocycles. The number of anilines is 1. The molecule has 0 aliphatic heterocycles. The molecule has 2 aromatic carbocycles. The molecule has 0 bridgehead atoms. The van der Waals surface area contributed by atoms with Crippen LogP contribution >= 0.6 is 12.2 Å². The zero-order valence-electron chi connectivity index (χ0n) is 10.6. The maximum Gasteiger partial charge on any atom is 0.171 e. The van der Waals surface area contributed by atoms with Gasteiger partial charge in [0, 0.05) is 11.3 Å². The Hall–Kier alpha value is -1.94. The van der Waals surface area contributed by atoms with Crippen LogP contribution in [0, 0.1) is 5.82 Å². The number of nitrogens with one attached hydrogen (secondary N) is 2. The third kappa shape index (κ3) is 3.76. The third-order valence-electron chi connectivity index (χ3n) is 2.75. The number of benzene rings is 2. The van der Waals surface area contributed by atoms with E-state index in [-0.39, 0.29) is 11.9 Å². The molecule has 0 amide bonds. The van der Waals surface area contributed by atoms with Crippen molar-refractivity contribution in [1.29, 1.82) is 0 Å². The number of rotatable bonds is 3. The highest BCUT2D eigenvalue weighted by Crippen LogP contribution is 2.16. The maximum absolute atomic E-state index is 13.6. The molecule has 0 aliphatic rings. The lowest BCUT2D eigenvalue weighted by molar-refractivity contribution is 0.580. The summed E-state index contributed by atoms with van der Waals surface area (Å²) < 4.78 is 13.6. The second kappa shape index (κ2) is 6.29. The SMILES string of the molecule is CC(NC(=S)Nc1ccccc1)c1ccccc1F. The molecular weight excluding hydrogens is 259 g/mol. The van der Waals surface area contributed by atoms with Crippen molar-refractivity contribution in [1.82, 2.24) is 5.32 Å². The summed E-state index contributed by atoms with van der Waals surface area (Å²) in [6.45, 7) is 1.87. The zero-order chi connectivity index (χ0) is 13.7. The average Bonchev–Trinajstić information content (AvgIpc) is 2.40. The predicted molar refractivity (Wildman–Crippen MR) is 80.6 cm³/mol. The molecular formula is C15H15FN2S. The second-order valence-corrected chi connectivity index (χ2v) is 4.62. The Morgan fingerprint density at radius 1 is 1.05 bits per heavy atom. The second-order valence-electron chi connectivity index (χ2n) is 4.21. The molecule has 0 radical (unpaired) electrons. The quantitative estimate of drug-likeness (QED) is 0.831. The van der Waals surface area contributed by atoms with Gasteiger partial charge in [0.05, 0.1) is 6.04 Å². The van der Waals surface area contributed by atoms with Crippen molar-refractivity contribution < 1.29 is 4.39 Å². The molecule has 98 valence electrons. The van der Waals surface area contributed by atoms with E-state index in [0.717, 1.165) is 5.69 Å². The van der Waals surface area contributed by atoms with Gasteiger partial charge in [-0.15, -0.1) is 0 Å². The van der Waals surface area contributed by atoms with Gasteiger partial charge in [-0.25, -0.2) is 4.39 Å². The molecule has 2 aromatic rings. The minimum atomic E-state index is -0.231. The van der Waals surface area contributed by atoms with Crippen LogP contribution in [0.3, 0.4) is 0 Å². The van der Waals surface area contributed by atoms with E-state index in [4.69, 9.17) is 12.2 Å². The third-order valence-corrected chi connectivity index (χ3v) is 2.97. The van der Waals surface area contributed by atoms with Gasteiger partial charge in [0.25, 0.3) is 0 Å². The Bertz CT molecular complexity index is 557. The minimum Gasteiger partial charge on any atom is -0.356 e. The molecule has 0 spiro atoms. The van der Waals surface area contributed by atoms with Crippen LogP contribution in [0.5, 0.6) is 0 Å². The summed E-state index contributed by atoms with van der Waals surface area (Å²) in [5, 5.41) is 6.60. The summed E-state index contributed by atoms with van der Waals surface area (Å²) >= 11 is 5.21. The van der Waals surface area contributed by atoms with Gasteiger partial charge in [-0.1, -0.05) is 36.4 Å². The van der Waals surface area contributed by atoms with E-state index in [1.165, 1.54) is 6.07 Å². The van der Waals surface area contributed by atoms with E-state index in [2.05, 4.69) is 10.6 Å². The Labute approximate surface area is 117 Å². The molecule has 2 N–H and O–H groups in total. The van der Waals surface area contributed by atoms with Crippen molar-refractivity contribution in [2.24, 2.45) is 0 Å². The van der Waals surface area contributed by atoms with Gasteiger partial charge in [0.1, 0.15) is 5.82 Å².